The lowest BCUT2D eigenvalue weighted by Crippen LogP contribution is -2.03. The van der Waals surface area contributed by atoms with Gasteiger partial charge in [-0.25, -0.2) is 4.39 Å². The largest absolute Gasteiger partial charge is 0.494 e. The molecule has 1 atom stereocenters. The third-order valence-electron chi connectivity index (χ3n) is 3.07. The summed E-state index contributed by atoms with van der Waals surface area (Å²) in [5, 5.41) is 10.1. The summed E-state index contributed by atoms with van der Waals surface area (Å²) in [6.45, 7) is 2.00. The third-order valence-corrected chi connectivity index (χ3v) is 3.07. The van der Waals surface area contributed by atoms with Gasteiger partial charge in [-0.05, 0) is 30.2 Å². The molecule has 1 unspecified atom stereocenters. The van der Waals surface area contributed by atoms with Crippen LogP contribution in [0.4, 0.5) is 4.39 Å². The molecule has 0 aliphatic carbocycles. The van der Waals surface area contributed by atoms with Gasteiger partial charge in [0.05, 0.1) is 13.2 Å². The van der Waals surface area contributed by atoms with Crippen LogP contribution < -0.4 is 4.74 Å². The Morgan fingerprint density at radius 2 is 2.00 bits per heavy atom. The van der Waals surface area contributed by atoms with Crippen LogP contribution in [-0.4, -0.2) is 12.2 Å². The van der Waals surface area contributed by atoms with Crippen molar-refractivity contribution in [2.45, 2.75) is 19.4 Å². The smallest absolute Gasteiger partial charge is 0.165 e. The normalized spacial score (nSPS) is 12.2. The Bertz CT molecular complexity index is 566. The molecular formula is C16H17FO2. The SMILES string of the molecule is COc1ccc(C(O)Cc2cccc(C)c2)cc1F. The number of hydrogen-bond donors (Lipinski definition) is 1. The van der Waals surface area contributed by atoms with Crippen LogP contribution >= 0.6 is 0 Å². The van der Waals surface area contributed by atoms with Crippen molar-refractivity contribution in [1.82, 2.24) is 0 Å². The molecule has 2 nitrogen and oxygen atoms in total. The standard InChI is InChI=1S/C16H17FO2/c1-11-4-3-5-12(8-11)9-15(18)13-6-7-16(19-2)14(17)10-13/h3-8,10,15,18H,9H2,1-2H3. The van der Waals surface area contributed by atoms with Gasteiger partial charge in [-0.2, -0.15) is 0 Å². The fraction of sp³-hybridized carbons (Fsp3) is 0.250. The predicted octanol–water partition coefficient (Wildman–Crippen LogP) is 3.42. The van der Waals surface area contributed by atoms with E-state index in [4.69, 9.17) is 4.74 Å². The van der Waals surface area contributed by atoms with E-state index in [1.54, 1.807) is 6.07 Å². The number of benzene rings is 2. The molecule has 0 radical (unpaired) electrons. The zero-order chi connectivity index (χ0) is 13.8. The first-order chi connectivity index (χ1) is 9.10. The highest BCUT2D eigenvalue weighted by Crippen LogP contribution is 2.24. The summed E-state index contributed by atoms with van der Waals surface area (Å²) in [5.41, 5.74) is 2.73. The van der Waals surface area contributed by atoms with Gasteiger partial charge in [0.25, 0.3) is 0 Å². The summed E-state index contributed by atoms with van der Waals surface area (Å²) in [5.74, 6) is -0.269. The first-order valence-electron chi connectivity index (χ1n) is 6.17. The van der Waals surface area contributed by atoms with E-state index < -0.39 is 11.9 Å². The van der Waals surface area contributed by atoms with Gasteiger partial charge < -0.3 is 9.84 Å². The highest BCUT2D eigenvalue weighted by Gasteiger charge is 2.12. The maximum absolute atomic E-state index is 13.6. The fourth-order valence-corrected chi connectivity index (χ4v) is 2.07. The molecule has 0 aliphatic rings. The molecule has 100 valence electrons. The maximum Gasteiger partial charge on any atom is 0.165 e. The van der Waals surface area contributed by atoms with E-state index in [1.165, 1.54) is 19.2 Å². The van der Waals surface area contributed by atoms with Crippen LogP contribution in [0.25, 0.3) is 0 Å². The van der Waals surface area contributed by atoms with Gasteiger partial charge >= 0.3 is 0 Å². The Morgan fingerprint density at radius 1 is 1.21 bits per heavy atom. The first-order valence-corrected chi connectivity index (χ1v) is 6.17. The van der Waals surface area contributed by atoms with Crippen molar-refractivity contribution in [1.29, 1.82) is 0 Å². The Labute approximate surface area is 112 Å². The summed E-state index contributed by atoms with van der Waals surface area (Å²) < 4.78 is 18.4. The topological polar surface area (TPSA) is 29.5 Å². The molecular weight excluding hydrogens is 243 g/mol. The highest BCUT2D eigenvalue weighted by molar-refractivity contribution is 5.32. The number of rotatable bonds is 4. The van der Waals surface area contributed by atoms with Gasteiger partial charge in [-0.3, -0.25) is 0 Å². The summed E-state index contributed by atoms with van der Waals surface area (Å²) in [6, 6.07) is 12.5. The molecule has 1 N–H and O–H groups in total. The van der Waals surface area contributed by atoms with E-state index in [0.29, 0.717) is 12.0 Å². The van der Waals surface area contributed by atoms with Crippen molar-refractivity contribution in [3.63, 3.8) is 0 Å². The number of ether oxygens (including phenoxy) is 1. The van der Waals surface area contributed by atoms with Gasteiger partial charge in [-0.1, -0.05) is 35.9 Å². The van der Waals surface area contributed by atoms with Crippen LogP contribution in [-0.2, 0) is 6.42 Å². The summed E-state index contributed by atoms with van der Waals surface area (Å²) in [4.78, 5) is 0. The molecule has 2 aromatic carbocycles. The van der Waals surface area contributed by atoms with Crippen LogP contribution in [0, 0.1) is 12.7 Å². The molecule has 0 bridgehead atoms. The molecule has 0 amide bonds. The second-order valence-corrected chi connectivity index (χ2v) is 4.60. The molecule has 3 heteroatoms. The molecule has 0 aromatic heterocycles. The van der Waals surface area contributed by atoms with Crippen molar-refractivity contribution in [2.24, 2.45) is 0 Å². The van der Waals surface area contributed by atoms with E-state index in [2.05, 4.69) is 0 Å². The zero-order valence-corrected chi connectivity index (χ0v) is 11.1. The van der Waals surface area contributed by atoms with Gasteiger partial charge in [-0.15, -0.1) is 0 Å². The first kappa shape index (κ1) is 13.6. The lowest BCUT2D eigenvalue weighted by molar-refractivity contribution is 0.178. The van der Waals surface area contributed by atoms with E-state index in [9.17, 15) is 9.50 Å². The Balaban J connectivity index is 2.15. The molecule has 2 rings (SSSR count). The quantitative estimate of drug-likeness (QED) is 0.912. The van der Waals surface area contributed by atoms with Gasteiger partial charge in [0, 0.05) is 6.42 Å². The summed E-state index contributed by atoms with van der Waals surface area (Å²) in [6.07, 6.45) is -0.254. The lowest BCUT2D eigenvalue weighted by Gasteiger charge is -2.12. The number of methoxy groups -OCH3 is 1. The Morgan fingerprint density at radius 3 is 2.63 bits per heavy atom. The van der Waals surface area contributed by atoms with Crippen LogP contribution in [0.3, 0.4) is 0 Å². The third kappa shape index (κ3) is 3.32. The van der Waals surface area contributed by atoms with Crippen molar-refractivity contribution in [3.05, 3.63) is 65.0 Å². The van der Waals surface area contributed by atoms with Crippen LogP contribution in [0.15, 0.2) is 42.5 Å². The number of aliphatic hydroxyl groups is 1. The predicted molar refractivity (Wildman–Crippen MR) is 72.8 cm³/mol. The monoisotopic (exact) mass is 260 g/mol. The Kier molecular flexibility index (Phi) is 4.17. The highest BCUT2D eigenvalue weighted by atomic mass is 19.1. The molecule has 19 heavy (non-hydrogen) atoms. The molecule has 0 saturated carbocycles. The minimum Gasteiger partial charge on any atom is -0.494 e. The van der Waals surface area contributed by atoms with E-state index >= 15 is 0 Å². The molecule has 2 aromatic rings. The second-order valence-electron chi connectivity index (χ2n) is 4.60. The maximum atomic E-state index is 13.6. The second kappa shape index (κ2) is 5.85. The van der Waals surface area contributed by atoms with Crippen LogP contribution in [0.1, 0.15) is 22.8 Å². The zero-order valence-electron chi connectivity index (χ0n) is 11.1. The molecule has 0 heterocycles. The van der Waals surface area contributed by atoms with Crippen molar-refractivity contribution in [2.75, 3.05) is 7.11 Å². The van der Waals surface area contributed by atoms with Crippen molar-refractivity contribution in [3.8, 4) is 5.75 Å². The molecule has 0 fully saturated rings. The van der Waals surface area contributed by atoms with E-state index in [0.717, 1.165) is 11.1 Å². The molecule has 0 spiro atoms. The Hall–Kier alpha value is -1.87. The average molecular weight is 260 g/mol. The van der Waals surface area contributed by atoms with Gasteiger partial charge in [0.15, 0.2) is 11.6 Å². The van der Waals surface area contributed by atoms with Crippen molar-refractivity contribution >= 4 is 0 Å². The fourth-order valence-electron chi connectivity index (χ4n) is 2.07. The summed E-state index contributed by atoms with van der Waals surface area (Å²) >= 11 is 0. The van der Waals surface area contributed by atoms with E-state index in [-0.39, 0.29) is 5.75 Å². The summed E-state index contributed by atoms with van der Waals surface area (Å²) in [7, 11) is 1.42. The van der Waals surface area contributed by atoms with Crippen LogP contribution in [0.2, 0.25) is 0 Å². The minimum atomic E-state index is -0.720. The molecule has 0 saturated heterocycles. The molecule has 0 aliphatic heterocycles. The van der Waals surface area contributed by atoms with Crippen LogP contribution in [0.5, 0.6) is 5.75 Å². The number of aliphatic hydroxyl groups excluding tert-OH is 1. The van der Waals surface area contributed by atoms with E-state index in [1.807, 2.05) is 31.2 Å². The lowest BCUT2D eigenvalue weighted by atomic mass is 10.00. The number of aryl methyl sites for hydroxylation is 1. The average Bonchev–Trinajstić information content (AvgIpc) is 2.38. The number of hydrogen-bond acceptors (Lipinski definition) is 2. The van der Waals surface area contributed by atoms with Gasteiger partial charge in [0.1, 0.15) is 0 Å². The van der Waals surface area contributed by atoms with Crippen molar-refractivity contribution < 1.29 is 14.2 Å². The van der Waals surface area contributed by atoms with Gasteiger partial charge in [0.2, 0.25) is 0 Å². The number of halogens is 1. The minimum absolute atomic E-state index is 0.187.